The van der Waals surface area contributed by atoms with E-state index in [9.17, 15) is 4.79 Å². The van der Waals surface area contributed by atoms with Gasteiger partial charge in [0.2, 0.25) is 0 Å². The first-order valence-electron chi connectivity index (χ1n) is 5.52. The van der Waals surface area contributed by atoms with Gasteiger partial charge in [-0.05, 0) is 10.5 Å². The SMILES string of the molecule is C=CC1CN(Cc2ccccc2)C(=O)/C1=C\Br. The Hall–Kier alpha value is -1.35. The Labute approximate surface area is 110 Å². The first kappa shape index (κ1) is 12.1. The van der Waals surface area contributed by atoms with E-state index >= 15 is 0 Å². The first-order chi connectivity index (χ1) is 8.26. The zero-order chi connectivity index (χ0) is 12.3. The van der Waals surface area contributed by atoms with Crippen LogP contribution in [0.1, 0.15) is 5.56 Å². The minimum absolute atomic E-state index is 0.0932. The maximum absolute atomic E-state index is 12.1. The molecular weight excluding hydrogens is 278 g/mol. The van der Waals surface area contributed by atoms with Crippen molar-refractivity contribution < 1.29 is 4.79 Å². The van der Waals surface area contributed by atoms with E-state index in [1.165, 1.54) is 0 Å². The zero-order valence-corrected chi connectivity index (χ0v) is 11.1. The van der Waals surface area contributed by atoms with Crippen molar-refractivity contribution >= 4 is 21.8 Å². The fourth-order valence-corrected chi connectivity index (χ4v) is 2.56. The molecule has 0 bridgehead atoms. The van der Waals surface area contributed by atoms with Crippen LogP contribution >= 0.6 is 15.9 Å². The lowest BCUT2D eigenvalue weighted by Crippen LogP contribution is -2.24. The van der Waals surface area contributed by atoms with E-state index in [1.807, 2.05) is 41.3 Å². The quantitative estimate of drug-likeness (QED) is 0.619. The van der Waals surface area contributed by atoms with Crippen molar-refractivity contribution in [3.8, 4) is 0 Å². The highest BCUT2D eigenvalue weighted by molar-refractivity contribution is 9.11. The Morgan fingerprint density at radius 1 is 1.41 bits per heavy atom. The van der Waals surface area contributed by atoms with Crippen LogP contribution in [0.25, 0.3) is 0 Å². The fraction of sp³-hybridized carbons (Fsp3) is 0.214. The molecule has 1 aliphatic rings. The van der Waals surface area contributed by atoms with E-state index in [1.54, 1.807) is 4.99 Å². The molecule has 1 aromatic rings. The smallest absolute Gasteiger partial charge is 0.251 e. The van der Waals surface area contributed by atoms with Gasteiger partial charge in [0.15, 0.2) is 0 Å². The lowest BCUT2D eigenvalue weighted by atomic mass is 10.1. The van der Waals surface area contributed by atoms with Crippen LogP contribution in [0.3, 0.4) is 0 Å². The second-order valence-electron chi connectivity index (χ2n) is 4.08. The number of likely N-dealkylation sites (tertiary alicyclic amines) is 1. The number of halogens is 1. The van der Waals surface area contributed by atoms with Crippen LogP contribution in [0.4, 0.5) is 0 Å². The summed E-state index contributed by atoms with van der Waals surface area (Å²) in [5.74, 6) is 0.223. The largest absolute Gasteiger partial charge is 0.334 e. The molecule has 1 amide bonds. The van der Waals surface area contributed by atoms with Crippen LogP contribution in [-0.2, 0) is 11.3 Å². The number of amides is 1. The molecule has 0 aromatic heterocycles. The summed E-state index contributed by atoms with van der Waals surface area (Å²) in [5.41, 5.74) is 1.94. The summed E-state index contributed by atoms with van der Waals surface area (Å²) in [6, 6.07) is 10.0. The van der Waals surface area contributed by atoms with Gasteiger partial charge in [0, 0.05) is 24.6 Å². The highest BCUT2D eigenvalue weighted by atomic mass is 79.9. The summed E-state index contributed by atoms with van der Waals surface area (Å²) in [7, 11) is 0. The van der Waals surface area contributed by atoms with Crippen LogP contribution < -0.4 is 0 Å². The van der Waals surface area contributed by atoms with Crippen LogP contribution in [0, 0.1) is 5.92 Å². The van der Waals surface area contributed by atoms with E-state index in [4.69, 9.17) is 0 Å². The van der Waals surface area contributed by atoms with Crippen molar-refractivity contribution in [2.45, 2.75) is 6.54 Å². The molecule has 1 atom stereocenters. The Morgan fingerprint density at radius 3 is 2.65 bits per heavy atom. The summed E-state index contributed by atoms with van der Waals surface area (Å²) in [6.45, 7) is 5.15. The number of benzene rings is 1. The fourth-order valence-electron chi connectivity index (χ4n) is 2.03. The first-order valence-corrected chi connectivity index (χ1v) is 6.44. The number of rotatable bonds is 3. The Balaban J connectivity index is 2.14. The predicted octanol–water partition coefficient (Wildman–Crippen LogP) is 3.11. The van der Waals surface area contributed by atoms with Gasteiger partial charge in [0.05, 0.1) is 0 Å². The lowest BCUT2D eigenvalue weighted by Gasteiger charge is -2.15. The monoisotopic (exact) mass is 291 g/mol. The molecule has 0 spiro atoms. The molecule has 88 valence electrons. The van der Waals surface area contributed by atoms with Gasteiger partial charge in [-0.2, -0.15) is 0 Å². The van der Waals surface area contributed by atoms with E-state index < -0.39 is 0 Å². The van der Waals surface area contributed by atoms with Gasteiger partial charge in [-0.3, -0.25) is 4.79 Å². The molecule has 2 rings (SSSR count). The van der Waals surface area contributed by atoms with E-state index in [-0.39, 0.29) is 11.8 Å². The summed E-state index contributed by atoms with van der Waals surface area (Å²) in [4.78, 5) is 15.7. The average molecular weight is 292 g/mol. The van der Waals surface area contributed by atoms with Crippen molar-refractivity contribution in [1.29, 1.82) is 0 Å². The summed E-state index contributed by atoms with van der Waals surface area (Å²) >= 11 is 3.25. The molecule has 1 aliphatic heterocycles. The predicted molar refractivity (Wildman–Crippen MR) is 72.6 cm³/mol. The second-order valence-corrected chi connectivity index (χ2v) is 4.54. The molecule has 1 saturated heterocycles. The molecule has 1 fully saturated rings. The van der Waals surface area contributed by atoms with Crippen molar-refractivity contribution in [1.82, 2.24) is 4.90 Å². The lowest BCUT2D eigenvalue weighted by molar-refractivity contribution is -0.125. The van der Waals surface area contributed by atoms with Crippen LogP contribution in [-0.4, -0.2) is 17.4 Å². The van der Waals surface area contributed by atoms with E-state index in [0.717, 1.165) is 11.1 Å². The third-order valence-electron chi connectivity index (χ3n) is 2.97. The van der Waals surface area contributed by atoms with Gasteiger partial charge in [-0.15, -0.1) is 6.58 Å². The number of hydrogen-bond acceptors (Lipinski definition) is 1. The van der Waals surface area contributed by atoms with Crippen LogP contribution in [0.2, 0.25) is 0 Å². The number of nitrogens with zero attached hydrogens (tertiary/aromatic N) is 1. The molecule has 2 nitrogen and oxygen atoms in total. The number of hydrogen-bond donors (Lipinski definition) is 0. The highest BCUT2D eigenvalue weighted by Gasteiger charge is 2.32. The molecule has 1 heterocycles. The summed E-state index contributed by atoms with van der Waals surface area (Å²) in [5, 5.41) is 0. The maximum Gasteiger partial charge on any atom is 0.251 e. The van der Waals surface area contributed by atoms with E-state index in [2.05, 4.69) is 22.5 Å². The third-order valence-corrected chi connectivity index (χ3v) is 3.46. The van der Waals surface area contributed by atoms with Gasteiger partial charge in [-0.1, -0.05) is 52.3 Å². The zero-order valence-electron chi connectivity index (χ0n) is 9.47. The van der Waals surface area contributed by atoms with Crippen molar-refractivity contribution in [2.24, 2.45) is 5.92 Å². The molecule has 3 heteroatoms. The molecule has 0 N–H and O–H groups in total. The molecule has 1 aromatic carbocycles. The van der Waals surface area contributed by atoms with Crippen molar-refractivity contribution in [3.05, 3.63) is 59.1 Å². The highest BCUT2D eigenvalue weighted by Crippen LogP contribution is 2.27. The number of carbonyl (C=O) groups is 1. The van der Waals surface area contributed by atoms with Crippen molar-refractivity contribution in [2.75, 3.05) is 6.54 Å². The van der Waals surface area contributed by atoms with Crippen LogP contribution in [0.5, 0.6) is 0 Å². The molecule has 17 heavy (non-hydrogen) atoms. The third kappa shape index (κ3) is 2.50. The van der Waals surface area contributed by atoms with Crippen molar-refractivity contribution in [3.63, 3.8) is 0 Å². The van der Waals surface area contributed by atoms with Gasteiger partial charge < -0.3 is 4.90 Å². The summed E-state index contributed by atoms with van der Waals surface area (Å²) in [6.07, 6.45) is 1.83. The van der Waals surface area contributed by atoms with Gasteiger partial charge in [0.1, 0.15) is 0 Å². The normalized spacial score (nSPS) is 22.2. The molecule has 0 radical (unpaired) electrons. The van der Waals surface area contributed by atoms with Gasteiger partial charge in [0.25, 0.3) is 5.91 Å². The Kier molecular flexibility index (Phi) is 3.79. The Bertz CT molecular complexity index is 453. The maximum atomic E-state index is 12.1. The topological polar surface area (TPSA) is 20.3 Å². The average Bonchev–Trinajstić information content (AvgIpc) is 2.67. The van der Waals surface area contributed by atoms with Gasteiger partial charge in [-0.25, -0.2) is 0 Å². The minimum atomic E-state index is 0.0932. The van der Waals surface area contributed by atoms with Gasteiger partial charge >= 0.3 is 0 Å². The minimum Gasteiger partial charge on any atom is -0.334 e. The van der Waals surface area contributed by atoms with Crippen LogP contribution in [0.15, 0.2) is 53.5 Å². The Morgan fingerprint density at radius 2 is 2.12 bits per heavy atom. The second kappa shape index (κ2) is 5.32. The standard InChI is InChI=1S/C14H14BrNO/c1-2-12-10-16(14(17)13(12)8-15)9-11-6-4-3-5-7-11/h2-8,12H,1,9-10H2/b13-8-. The van der Waals surface area contributed by atoms with E-state index in [0.29, 0.717) is 13.1 Å². The molecule has 1 unspecified atom stereocenters. The molecular formula is C14H14BrNO. The molecule has 0 aliphatic carbocycles. The molecule has 0 saturated carbocycles. The summed E-state index contributed by atoms with van der Waals surface area (Å²) < 4.78 is 0. The number of carbonyl (C=O) groups excluding carboxylic acids is 1.